The molecule has 2 N–H and O–H groups in total. The Labute approximate surface area is 93.7 Å². The van der Waals surface area contributed by atoms with Gasteiger partial charge in [-0.05, 0) is 0 Å². The zero-order valence-electron chi connectivity index (χ0n) is 8.81. The van der Waals surface area contributed by atoms with Gasteiger partial charge in [-0.25, -0.2) is 4.79 Å². The van der Waals surface area contributed by atoms with Gasteiger partial charge in [0.15, 0.2) is 5.78 Å². The minimum atomic E-state index is -0.723. The Morgan fingerprint density at radius 1 is 1.25 bits per heavy atom. The smallest absolute Gasteiger partial charge is 0.341 e. The van der Waals surface area contributed by atoms with Crippen molar-refractivity contribution in [3.63, 3.8) is 0 Å². The number of esters is 1. The lowest BCUT2D eigenvalue weighted by molar-refractivity contribution is -0.138. The van der Waals surface area contributed by atoms with Gasteiger partial charge in [0.25, 0.3) is 0 Å². The molecule has 1 rings (SSSR count). The molecule has 0 aromatic heterocycles. The quantitative estimate of drug-likeness (QED) is 0.263. The lowest BCUT2D eigenvalue weighted by Gasteiger charge is -2.05. The monoisotopic (exact) mass is 219 g/mol. The van der Waals surface area contributed by atoms with Crippen LogP contribution in [0.1, 0.15) is 10.4 Å². The van der Waals surface area contributed by atoms with Crippen molar-refractivity contribution in [1.29, 1.82) is 0 Å². The topological polar surface area (TPSA) is 69.4 Å². The first-order chi connectivity index (χ1) is 7.66. The molecule has 84 valence electrons. The van der Waals surface area contributed by atoms with Crippen molar-refractivity contribution in [3.05, 3.63) is 48.0 Å². The number of carbonyl (C=O) groups is 2. The zero-order chi connectivity index (χ0) is 12.0. The second-order valence-electron chi connectivity index (χ2n) is 3.10. The maximum absolute atomic E-state index is 11.7. The lowest BCUT2D eigenvalue weighted by atomic mass is 10.1. The molecule has 1 aromatic rings. The number of benzene rings is 1. The summed E-state index contributed by atoms with van der Waals surface area (Å²) in [4.78, 5) is 23.0. The van der Waals surface area contributed by atoms with Gasteiger partial charge in [-0.1, -0.05) is 36.9 Å². The first-order valence-electron chi connectivity index (χ1n) is 4.82. The van der Waals surface area contributed by atoms with Crippen LogP contribution >= 0.6 is 0 Å². The van der Waals surface area contributed by atoms with E-state index in [1.54, 1.807) is 30.3 Å². The molecule has 16 heavy (non-hydrogen) atoms. The highest BCUT2D eigenvalue weighted by Crippen LogP contribution is 2.07. The molecule has 0 bridgehead atoms. The van der Waals surface area contributed by atoms with Crippen LogP contribution in [0.25, 0.3) is 0 Å². The minimum Gasteiger partial charge on any atom is -0.461 e. The third-order valence-electron chi connectivity index (χ3n) is 1.91. The molecule has 0 unspecified atom stereocenters. The number of rotatable bonds is 5. The van der Waals surface area contributed by atoms with E-state index in [0.29, 0.717) is 5.56 Å². The van der Waals surface area contributed by atoms with E-state index in [9.17, 15) is 9.59 Å². The van der Waals surface area contributed by atoms with Crippen LogP contribution in [-0.2, 0) is 9.53 Å². The first kappa shape index (κ1) is 12.1. The zero-order valence-corrected chi connectivity index (χ0v) is 8.81. The molecule has 0 aliphatic rings. The summed E-state index contributed by atoms with van der Waals surface area (Å²) in [5.41, 5.74) is 5.41. The van der Waals surface area contributed by atoms with Crippen molar-refractivity contribution in [2.24, 2.45) is 5.73 Å². The van der Waals surface area contributed by atoms with Crippen molar-refractivity contribution in [1.82, 2.24) is 0 Å². The summed E-state index contributed by atoms with van der Waals surface area (Å²) in [7, 11) is 0. The molecule has 0 amide bonds. The Kier molecular flexibility index (Phi) is 4.42. The molecule has 1 aromatic carbocycles. The van der Waals surface area contributed by atoms with Gasteiger partial charge in [0.05, 0.1) is 0 Å². The highest BCUT2D eigenvalue weighted by Gasteiger charge is 2.18. The predicted octanol–water partition coefficient (Wildman–Crippen LogP) is 0.927. The Bertz CT molecular complexity index is 398. The molecule has 4 nitrogen and oxygen atoms in total. The standard InChI is InChI=1S/C12H13NO3/c1-9(12(15)16-8-7-13)11(14)10-5-3-2-4-6-10/h2-6H,1,7-8,13H2. The van der Waals surface area contributed by atoms with Crippen molar-refractivity contribution in [3.8, 4) is 0 Å². The van der Waals surface area contributed by atoms with E-state index in [2.05, 4.69) is 6.58 Å². The first-order valence-corrected chi connectivity index (χ1v) is 4.82. The Balaban J connectivity index is 2.68. The second-order valence-corrected chi connectivity index (χ2v) is 3.10. The molecule has 4 heteroatoms. The van der Waals surface area contributed by atoms with Gasteiger partial charge in [0, 0.05) is 12.1 Å². The van der Waals surface area contributed by atoms with Crippen molar-refractivity contribution in [2.45, 2.75) is 0 Å². The van der Waals surface area contributed by atoms with E-state index < -0.39 is 11.8 Å². The van der Waals surface area contributed by atoms with E-state index in [-0.39, 0.29) is 18.7 Å². The van der Waals surface area contributed by atoms with Crippen LogP contribution in [0, 0.1) is 0 Å². The van der Waals surface area contributed by atoms with E-state index in [1.807, 2.05) is 0 Å². The number of ketones is 1. The third-order valence-corrected chi connectivity index (χ3v) is 1.91. The lowest BCUT2D eigenvalue weighted by Crippen LogP contribution is -2.18. The molecule has 0 radical (unpaired) electrons. The SMILES string of the molecule is C=C(C(=O)OCCN)C(=O)c1ccccc1. The summed E-state index contributed by atoms with van der Waals surface area (Å²) in [6, 6.07) is 8.44. The predicted molar refractivity (Wildman–Crippen MR) is 59.9 cm³/mol. The van der Waals surface area contributed by atoms with Crippen LogP contribution in [0.5, 0.6) is 0 Å². The minimum absolute atomic E-state index is 0.0833. The van der Waals surface area contributed by atoms with Gasteiger partial charge in [-0.3, -0.25) is 4.79 Å². The van der Waals surface area contributed by atoms with Crippen LogP contribution in [0.4, 0.5) is 0 Å². The normalized spacial score (nSPS) is 9.56. The maximum atomic E-state index is 11.7. The van der Waals surface area contributed by atoms with Crippen LogP contribution < -0.4 is 5.73 Å². The summed E-state index contributed by atoms with van der Waals surface area (Å²) in [6.45, 7) is 3.72. The average molecular weight is 219 g/mol. The molecule has 0 atom stereocenters. The average Bonchev–Trinajstić information content (AvgIpc) is 2.35. The molecule has 0 spiro atoms. The number of hydrogen-bond donors (Lipinski definition) is 1. The van der Waals surface area contributed by atoms with E-state index in [1.165, 1.54) is 0 Å². The third kappa shape index (κ3) is 3.03. The van der Waals surface area contributed by atoms with Crippen LogP contribution in [0.2, 0.25) is 0 Å². The summed E-state index contributed by atoms with van der Waals surface area (Å²) in [5, 5.41) is 0. The summed E-state index contributed by atoms with van der Waals surface area (Å²) >= 11 is 0. The fourth-order valence-corrected chi connectivity index (χ4v) is 1.10. The largest absolute Gasteiger partial charge is 0.461 e. The molecule has 0 heterocycles. The molecule has 0 fully saturated rings. The number of hydrogen-bond acceptors (Lipinski definition) is 4. The van der Waals surface area contributed by atoms with Crippen molar-refractivity contribution >= 4 is 11.8 Å². The molecule has 0 aliphatic heterocycles. The second kappa shape index (κ2) is 5.82. The summed E-state index contributed by atoms with van der Waals surface area (Å²) in [6.07, 6.45) is 0. The van der Waals surface area contributed by atoms with E-state index in [0.717, 1.165) is 0 Å². The van der Waals surface area contributed by atoms with Gasteiger partial charge in [-0.15, -0.1) is 0 Å². The number of ether oxygens (including phenoxy) is 1. The van der Waals surface area contributed by atoms with Crippen LogP contribution in [0.15, 0.2) is 42.5 Å². The summed E-state index contributed by atoms with van der Waals surface area (Å²) in [5.74, 6) is -1.15. The number of carbonyl (C=O) groups excluding carboxylic acids is 2. The van der Waals surface area contributed by atoms with E-state index >= 15 is 0 Å². The molecule has 0 aliphatic carbocycles. The Morgan fingerprint density at radius 2 is 1.88 bits per heavy atom. The van der Waals surface area contributed by atoms with Gasteiger partial charge in [-0.2, -0.15) is 0 Å². The maximum Gasteiger partial charge on any atom is 0.341 e. The van der Waals surface area contributed by atoms with E-state index in [4.69, 9.17) is 10.5 Å². The van der Waals surface area contributed by atoms with Crippen LogP contribution in [0.3, 0.4) is 0 Å². The van der Waals surface area contributed by atoms with Gasteiger partial charge >= 0.3 is 5.97 Å². The Morgan fingerprint density at radius 3 is 2.44 bits per heavy atom. The van der Waals surface area contributed by atoms with Crippen molar-refractivity contribution < 1.29 is 14.3 Å². The van der Waals surface area contributed by atoms with Crippen LogP contribution in [-0.4, -0.2) is 24.9 Å². The highest BCUT2D eigenvalue weighted by atomic mass is 16.5. The van der Waals surface area contributed by atoms with Crippen molar-refractivity contribution in [2.75, 3.05) is 13.2 Å². The molecular formula is C12H13NO3. The molecular weight excluding hydrogens is 206 g/mol. The fourth-order valence-electron chi connectivity index (χ4n) is 1.10. The summed E-state index contributed by atoms with van der Waals surface area (Å²) < 4.78 is 4.71. The van der Waals surface area contributed by atoms with Gasteiger partial charge < -0.3 is 10.5 Å². The Hall–Kier alpha value is -1.94. The number of nitrogens with two attached hydrogens (primary N) is 1. The fraction of sp³-hybridized carbons (Fsp3) is 0.167. The molecule has 0 saturated heterocycles. The highest BCUT2D eigenvalue weighted by molar-refractivity contribution is 6.23. The van der Waals surface area contributed by atoms with Gasteiger partial charge in [0.2, 0.25) is 0 Å². The molecule has 0 saturated carbocycles. The number of Topliss-reactive ketones (excluding diaryl/α,β-unsaturated/α-hetero) is 1. The van der Waals surface area contributed by atoms with Gasteiger partial charge in [0.1, 0.15) is 12.2 Å².